The molecule has 0 aliphatic heterocycles. The highest BCUT2D eigenvalue weighted by atomic mass is 16.5. The number of para-hydroxylation sites is 1. The zero-order valence-corrected chi connectivity index (χ0v) is 12.2. The molecule has 0 aliphatic carbocycles. The molecule has 0 amide bonds. The summed E-state index contributed by atoms with van der Waals surface area (Å²) < 4.78 is 8.35. The topological polar surface area (TPSA) is 61.9 Å². The summed E-state index contributed by atoms with van der Waals surface area (Å²) >= 11 is 0. The van der Waals surface area contributed by atoms with E-state index in [2.05, 4.69) is 10.1 Å². The fourth-order valence-corrected chi connectivity index (χ4v) is 2.49. The Morgan fingerprint density at radius 2 is 1.95 bits per heavy atom. The van der Waals surface area contributed by atoms with Gasteiger partial charge in [0.15, 0.2) is 5.52 Å². The highest BCUT2D eigenvalue weighted by Gasteiger charge is 2.17. The van der Waals surface area contributed by atoms with Gasteiger partial charge in [-0.05, 0) is 19.1 Å². The van der Waals surface area contributed by atoms with Crippen molar-refractivity contribution in [1.29, 1.82) is 0 Å². The van der Waals surface area contributed by atoms with Crippen LogP contribution in [0.3, 0.4) is 0 Å². The summed E-state index contributed by atoms with van der Waals surface area (Å²) in [5.74, 6) is 0.567. The van der Waals surface area contributed by atoms with Gasteiger partial charge in [-0.25, -0.2) is 4.98 Å². The molecule has 0 N–H and O–H groups in total. The molecule has 0 unspecified atom stereocenters. The van der Waals surface area contributed by atoms with Crippen molar-refractivity contribution in [3.05, 3.63) is 52.2 Å². The maximum absolute atomic E-state index is 12.9. The molecule has 1 aromatic carbocycles. The minimum absolute atomic E-state index is 0.138. The van der Waals surface area contributed by atoms with Gasteiger partial charge in [-0.2, -0.15) is 5.10 Å². The van der Waals surface area contributed by atoms with Crippen LogP contribution >= 0.6 is 0 Å². The molecular weight excluding hydrogens is 268 g/mol. The lowest BCUT2D eigenvalue weighted by Crippen LogP contribution is -2.25. The molecule has 0 fully saturated rings. The van der Waals surface area contributed by atoms with Crippen LogP contribution < -0.4 is 5.56 Å². The van der Waals surface area contributed by atoms with E-state index in [1.165, 1.54) is 0 Å². The lowest BCUT2D eigenvalue weighted by Gasteiger charge is -2.12. The van der Waals surface area contributed by atoms with Gasteiger partial charge in [0.05, 0.1) is 11.4 Å². The number of hydrogen-bond acceptors (Lipinski definition) is 4. The Bertz CT molecular complexity index is 849. The fourth-order valence-electron chi connectivity index (χ4n) is 2.49. The van der Waals surface area contributed by atoms with Gasteiger partial charge in [0.25, 0.3) is 5.56 Å². The molecular formula is C15H16N4O2. The Balaban J connectivity index is 2.41. The van der Waals surface area contributed by atoms with Gasteiger partial charge in [-0.1, -0.05) is 18.2 Å². The first kappa shape index (κ1) is 13.5. The molecule has 6 nitrogen and oxygen atoms in total. The fraction of sp³-hybridized carbons (Fsp3) is 0.267. The first-order valence-electron chi connectivity index (χ1n) is 6.63. The van der Waals surface area contributed by atoms with Crippen LogP contribution in [0.25, 0.3) is 16.7 Å². The number of rotatable bonds is 3. The largest absolute Gasteiger partial charge is 0.377 e. The zero-order chi connectivity index (χ0) is 15.0. The van der Waals surface area contributed by atoms with Gasteiger partial charge < -0.3 is 4.74 Å². The molecule has 6 heteroatoms. The Hall–Kier alpha value is -2.47. The van der Waals surface area contributed by atoms with E-state index in [-0.39, 0.29) is 12.2 Å². The van der Waals surface area contributed by atoms with E-state index in [0.717, 1.165) is 11.4 Å². The average Bonchev–Trinajstić information content (AvgIpc) is 2.75. The van der Waals surface area contributed by atoms with Crippen LogP contribution in [0.5, 0.6) is 0 Å². The molecule has 0 radical (unpaired) electrons. The molecule has 21 heavy (non-hydrogen) atoms. The van der Waals surface area contributed by atoms with E-state index >= 15 is 0 Å². The Kier molecular flexibility index (Phi) is 3.31. The second-order valence-corrected chi connectivity index (χ2v) is 4.84. The number of methoxy groups -OCH3 is 1. The number of ether oxygens (including phenoxy) is 1. The van der Waals surface area contributed by atoms with Crippen LogP contribution in [-0.2, 0) is 18.4 Å². The minimum atomic E-state index is -0.138. The van der Waals surface area contributed by atoms with E-state index in [9.17, 15) is 4.79 Å². The maximum Gasteiger partial charge on any atom is 0.284 e. The van der Waals surface area contributed by atoms with Crippen LogP contribution in [0.15, 0.2) is 35.1 Å². The molecule has 0 saturated heterocycles. The van der Waals surface area contributed by atoms with E-state index in [1.54, 1.807) is 23.4 Å². The number of nitrogens with zero attached hydrogens (tertiary/aromatic N) is 4. The molecule has 2 aromatic heterocycles. The Morgan fingerprint density at radius 1 is 1.24 bits per heavy atom. The predicted octanol–water partition coefficient (Wildman–Crippen LogP) is 1.57. The van der Waals surface area contributed by atoms with Crippen molar-refractivity contribution in [2.45, 2.75) is 13.5 Å². The number of fused-ring (bicyclic) bond motifs is 1. The zero-order valence-electron chi connectivity index (χ0n) is 12.2. The summed E-state index contributed by atoms with van der Waals surface area (Å²) in [6.07, 6.45) is 0. The summed E-state index contributed by atoms with van der Waals surface area (Å²) in [7, 11) is 3.34. The monoisotopic (exact) mass is 284 g/mol. The van der Waals surface area contributed by atoms with Crippen molar-refractivity contribution in [3.63, 3.8) is 0 Å². The quantitative estimate of drug-likeness (QED) is 0.732. The van der Waals surface area contributed by atoms with Gasteiger partial charge >= 0.3 is 0 Å². The average molecular weight is 284 g/mol. The number of benzene rings is 1. The predicted molar refractivity (Wildman–Crippen MR) is 79.6 cm³/mol. The lowest BCUT2D eigenvalue weighted by atomic mass is 10.3. The summed E-state index contributed by atoms with van der Waals surface area (Å²) in [6.45, 7) is 2.10. The van der Waals surface area contributed by atoms with Crippen molar-refractivity contribution in [2.24, 2.45) is 7.05 Å². The summed E-state index contributed by atoms with van der Waals surface area (Å²) in [4.78, 5) is 17.4. The van der Waals surface area contributed by atoms with Crippen LogP contribution in [-0.4, -0.2) is 26.4 Å². The number of hydrogen-bond donors (Lipinski definition) is 0. The van der Waals surface area contributed by atoms with Crippen LogP contribution in [0.2, 0.25) is 0 Å². The third kappa shape index (κ3) is 2.13. The van der Waals surface area contributed by atoms with Crippen LogP contribution in [0.4, 0.5) is 0 Å². The third-order valence-corrected chi connectivity index (χ3v) is 3.38. The minimum Gasteiger partial charge on any atom is -0.377 e. The highest BCUT2D eigenvalue weighted by Crippen LogP contribution is 2.15. The molecule has 108 valence electrons. The molecule has 0 bridgehead atoms. The Labute approximate surface area is 121 Å². The molecule has 3 rings (SSSR count). The summed E-state index contributed by atoms with van der Waals surface area (Å²) in [5.41, 5.74) is 2.49. The van der Waals surface area contributed by atoms with E-state index < -0.39 is 0 Å². The Morgan fingerprint density at radius 3 is 2.62 bits per heavy atom. The van der Waals surface area contributed by atoms with E-state index in [4.69, 9.17) is 4.74 Å². The first-order chi connectivity index (χ1) is 10.1. The van der Waals surface area contributed by atoms with Crippen LogP contribution in [0, 0.1) is 6.92 Å². The number of aryl methyl sites for hydroxylation is 2. The summed E-state index contributed by atoms with van der Waals surface area (Å²) in [5, 5.41) is 4.29. The van der Waals surface area contributed by atoms with Crippen molar-refractivity contribution < 1.29 is 4.74 Å². The maximum atomic E-state index is 12.9. The second kappa shape index (κ2) is 5.14. The molecule has 0 aliphatic rings. The van der Waals surface area contributed by atoms with Crippen molar-refractivity contribution >= 4 is 11.0 Å². The van der Waals surface area contributed by atoms with Crippen molar-refractivity contribution in [2.75, 3.05) is 7.11 Å². The lowest BCUT2D eigenvalue weighted by molar-refractivity contribution is 0.175. The van der Waals surface area contributed by atoms with Gasteiger partial charge in [-0.3, -0.25) is 14.0 Å². The second-order valence-electron chi connectivity index (χ2n) is 4.84. The molecule has 0 saturated carbocycles. The first-order valence-corrected chi connectivity index (χ1v) is 6.63. The van der Waals surface area contributed by atoms with E-state index in [1.807, 2.05) is 37.3 Å². The number of aromatic nitrogens is 4. The molecule has 2 heterocycles. The normalized spacial score (nSPS) is 11.2. The molecule has 3 aromatic rings. The van der Waals surface area contributed by atoms with Gasteiger partial charge in [-0.15, -0.1) is 0 Å². The van der Waals surface area contributed by atoms with E-state index in [0.29, 0.717) is 16.9 Å². The smallest absolute Gasteiger partial charge is 0.284 e. The standard InChI is InChI=1S/C15H16N4O2/c1-10-13-14(18(2)17-10)15(20)19(12(16-13)9-21-3)11-7-5-4-6-8-11/h4-8H,9H2,1-3H3. The highest BCUT2D eigenvalue weighted by molar-refractivity contribution is 5.76. The van der Waals surface area contributed by atoms with Gasteiger partial charge in [0, 0.05) is 14.2 Å². The van der Waals surface area contributed by atoms with Crippen molar-refractivity contribution in [3.8, 4) is 5.69 Å². The summed E-state index contributed by atoms with van der Waals surface area (Å²) in [6, 6.07) is 9.42. The SMILES string of the molecule is COCc1nc2c(C)nn(C)c2c(=O)n1-c1ccccc1. The van der Waals surface area contributed by atoms with Crippen LogP contribution in [0.1, 0.15) is 11.5 Å². The van der Waals surface area contributed by atoms with Gasteiger partial charge in [0.1, 0.15) is 17.9 Å². The molecule has 0 atom stereocenters. The molecule has 0 spiro atoms. The third-order valence-electron chi connectivity index (χ3n) is 3.38. The van der Waals surface area contributed by atoms with Crippen molar-refractivity contribution in [1.82, 2.24) is 19.3 Å². The van der Waals surface area contributed by atoms with Gasteiger partial charge in [0.2, 0.25) is 0 Å².